The Morgan fingerprint density at radius 1 is 1.15 bits per heavy atom. The zero-order valence-corrected chi connectivity index (χ0v) is 17.2. The van der Waals surface area contributed by atoms with Crippen molar-refractivity contribution in [3.05, 3.63) is 58.4 Å². The van der Waals surface area contributed by atoms with Crippen molar-refractivity contribution in [3.8, 4) is 11.5 Å². The van der Waals surface area contributed by atoms with Gasteiger partial charge in [0.15, 0.2) is 11.5 Å². The smallest absolute Gasteiger partial charge is 0.166 e. The van der Waals surface area contributed by atoms with E-state index in [4.69, 9.17) is 25.8 Å². The lowest BCUT2D eigenvalue weighted by Crippen LogP contribution is -2.17. The fraction of sp³-hybridized carbons (Fsp3) is 0.400. The lowest BCUT2D eigenvalue weighted by atomic mass is 10.1. The van der Waals surface area contributed by atoms with Crippen LogP contribution in [0.1, 0.15) is 24.5 Å². The first-order valence-corrected chi connectivity index (χ1v) is 9.04. The van der Waals surface area contributed by atoms with Gasteiger partial charge in [-0.2, -0.15) is 0 Å². The molecule has 4 nitrogen and oxygen atoms in total. The summed E-state index contributed by atoms with van der Waals surface area (Å²) in [6.07, 6.45) is 0.944. The van der Waals surface area contributed by atoms with Crippen LogP contribution in [0.4, 0.5) is 4.39 Å². The van der Waals surface area contributed by atoms with Crippen LogP contribution in [0.25, 0.3) is 0 Å². The Morgan fingerprint density at radius 3 is 2.67 bits per heavy atom. The van der Waals surface area contributed by atoms with Gasteiger partial charge >= 0.3 is 0 Å². The van der Waals surface area contributed by atoms with Gasteiger partial charge in [0.1, 0.15) is 12.4 Å². The molecule has 0 aliphatic rings. The lowest BCUT2D eigenvalue weighted by Gasteiger charge is -2.16. The molecule has 2 aromatic rings. The number of nitrogens with one attached hydrogen (secondary N) is 1. The molecule has 0 saturated heterocycles. The highest BCUT2D eigenvalue weighted by molar-refractivity contribution is 6.31. The monoisotopic (exact) mass is 417 g/mol. The van der Waals surface area contributed by atoms with Gasteiger partial charge in [0.2, 0.25) is 0 Å². The van der Waals surface area contributed by atoms with E-state index in [1.807, 2.05) is 25.1 Å². The molecule has 1 N–H and O–H groups in total. The molecule has 0 aliphatic carbocycles. The predicted octanol–water partition coefficient (Wildman–Crippen LogP) is 5.00. The van der Waals surface area contributed by atoms with Crippen molar-refractivity contribution in [1.29, 1.82) is 0 Å². The van der Waals surface area contributed by atoms with Gasteiger partial charge in [-0.05, 0) is 38.1 Å². The number of benzene rings is 2. The zero-order valence-electron chi connectivity index (χ0n) is 15.6. The summed E-state index contributed by atoms with van der Waals surface area (Å²) in [7, 11) is 1.60. The Bertz CT molecular complexity index is 701. The summed E-state index contributed by atoms with van der Waals surface area (Å²) < 4.78 is 29.9. The molecule has 0 aromatic heterocycles. The standard InChI is InChI=1S/C20H25ClFNO3.ClH/c1-3-25-11-5-10-23-13-15-6-4-7-19(24-2)20(15)26-14-16-8-9-17(22)12-18(16)21;/h4,6-9,12,23H,3,5,10-11,13-14H2,1-2H3;1H. The molecule has 0 radical (unpaired) electrons. The highest BCUT2D eigenvalue weighted by Crippen LogP contribution is 2.32. The quantitative estimate of drug-likeness (QED) is 0.521. The van der Waals surface area contributed by atoms with Crippen LogP contribution in [-0.4, -0.2) is 26.9 Å². The summed E-state index contributed by atoms with van der Waals surface area (Å²) >= 11 is 6.08. The molecule has 0 unspecified atom stereocenters. The van der Waals surface area contributed by atoms with Crippen LogP contribution in [0, 0.1) is 5.82 Å². The van der Waals surface area contributed by atoms with Crippen LogP contribution in [0.3, 0.4) is 0 Å². The SMILES string of the molecule is CCOCCCNCc1cccc(OC)c1OCc1ccc(F)cc1Cl.Cl. The van der Waals surface area contributed by atoms with E-state index in [0.29, 0.717) is 23.1 Å². The van der Waals surface area contributed by atoms with Crippen molar-refractivity contribution in [2.24, 2.45) is 0 Å². The maximum absolute atomic E-state index is 13.2. The summed E-state index contributed by atoms with van der Waals surface area (Å²) in [6, 6.07) is 10.0. The normalized spacial score (nSPS) is 10.4. The number of methoxy groups -OCH3 is 1. The van der Waals surface area contributed by atoms with Crippen molar-refractivity contribution < 1.29 is 18.6 Å². The average Bonchev–Trinajstić information content (AvgIpc) is 2.64. The van der Waals surface area contributed by atoms with Crippen molar-refractivity contribution in [2.45, 2.75) is 26.5 Å². The Balaban J connectivity index is 0.00000364. The highest BCUT2D eigenvalue weighted by atomic mass is 35.5. The molecule has 150 valence electrons. The minimum atomic E-state index is -0.368. The Kier molecular flexibility index (Phi) is 11.1. The van der Waals surface area contributed by atoms with Crippen LogP contribution in [-0.2, 0) is 17.9 Å². The second-order valence-corrected chi connectivity index (χ2v) is 6.11. The van der Waals surface area contributed by atoms with Crippen molar-refractivity contribution in [1.82, 2.24) is 5.32 Å². The number of halogens is 3. The Morgan fingerprint density at radius 2 is 1.96 bits per heavy atom. The molecule has 0 fully saturated rings. The van der Waals surface area contributed by atoms with Gasteiger partial charge in [-0.1, -0.05) is 29.8 Å². The van der Waals surface area contributed by atoms with E-state index in [2.05, 4.69) is 5.32 Å². The van der Waals surface area contributed by atoms with Crippen molar-refractivity contribution in [3.63, 3.8) is 0 Å². The second-order valence-electron chi connectivity index (χ2n) is 5.70. The van der Waals surface area contributed by atoms with Gasteiger partial charge in [0.05, 0.1) is 12.1 Å². The van der Waals surface area contributed by atoms with Crippen molar-refractivity contribution in [2.75, 3.05) is 26.9 Å². The van der Waals surface area contributed by atoms with E-state index in [1.165, 1.54) is 12.1 Å². The third-order valence-corrected chi connectivity index (χ3v) is 4.18. The van der Waals surface area contributed by atoms with Gasteiger partial charge < -0.3 is 19.5 Å². The van der Waals surface area contributed by atoms with E-state index in [9.17, 15) is 4.39 Å². The van der Waals surface area contributed by atoms with Crippen molar-refractivity contribution >= 4 is 24.0 Å². The fourth-order valence-electron chi connectivity index (χ4n) is 2.48. The molecule has 2 rings (SSSR count). The number of hydrogen-bond donors (Lipinski definition) is 1. The van der Waals surface area contributed by atoms with E-state index in [-0.39, 0.29) is 24.8 Å². The topological polar surface area (TPSA) is 39.7 Å². The van der Waals surface area contributed by atoms with Crippen LogP contribution in [0.15, 0.2) is 36.4 Å². The Hall–Kier alpha value is -1.53. The molecular formula is C20H26Cl2FNO3. The first kappa shape index (κ1) is 23.5. The van der Waals surface area contributed by atoms with Gasteiger partial charge in [-0.15, -0.1) is 12.4 Å². The molecule has 0 atom stereocenters. The van der Waals surface area contributed by atoms with Gasteiger partial charge in [-0.3, -0.25) is 0 Å². The third-order valence-electron chi connectivity index (χ3n) is 3.83. The Labute approximate surface area is 171 Å². The molecule has 0 amide bonds. The van der Waals surface area contributed by atoms with Crippen LogP contribution < -0.4 is 14.8 Å². The summed E-state index contributed by atoms with van der Waals surface area (Å²) in [5, 5.41) is 3.72. The van der Waals surface area contributed by atoms with E-state index < -0.39 is 0 Å². The lowest BCUT2D eigenvalue weighted by molar-refractivity contribution is 0.144. The first-order valence-electron chi connectivity index (χ1n) is 8.66. The summed E-state index contributed by atoms with van der Waals surface area (Å²) in [4.78, 5) is 0. The predicted molar refractivity (Wildman–Crippen MR) is 109 cm³/mol. The maximum Gasteiger partial charge on any atom is 0.166 e. The third kappa shape index (κ3) is 7.54. The van der Waals surface area contributed by atoms with Crippen LogP contribution in [0.5, 0.6) is 11.5 Å². The van der Waals surface area contributed by atoms with Crippen LogP contribution >= 0.6 is 24.0 Å². The molecule has 0 heterocycles. The van der Waals surface area contributed by atoms with Gasteiger partial charge in [0.25, 0.3) is 0 Å². The van der Waals surface area contributed by atoms with E-state index in [0.717, 1.165) is 37.3 Å². The minimum Gasteiger partial charge on any atom is -0.493 e. The average molecular weight is 418 g/mol. The maximum atomic E-state index is 13.2. The molecule has 0 saturated carbocycles. The van der Waals surface area contributed by atoms with Gasteiger partial charge in [-0.25, -0.2) is 4.39 Å². The van der Waals surface area contributed by atoms with Gasteiger partial charge in [0, 0.05) is 30.9 Å². The van der Waals surface area contributed by atoms with Crippen LogP contribution in [0.2, 0.25) is 5.02 Å². The number of rotatable bonds is 11. The highest BCUT2D eigenvalue weighted by Gasteiger charge is 2.12. The number of ether oxygens (including phenoxy) is 3. The molecule has 7 heteroatoms. The largest absolute Gasteiger partial charge is 0.493 e. The molecule has 2 aromatic carbocycles. The summed E-state index contributed by atoms with van der Waals surface area (Å²) in [6.45, 7) is 5.20. The molecular weight excluding hydrogens is 392 g/mol. The molecule has 0 spiro atoms. The summed E-state index contributed by atoms with van der Waals surface area (Å²) in [5.41, 5.74) is 1.70. The molecule has 0 bridgehead atoms. The molecule has 0 aliphatic heterocycles. The van der Waals surface area contributed by atoms with E-state index in [1.54, 1.807) is 13.2 Å². The van der Waals surface area contributed by atoms with E-state index >= 15 is 0 Å². The fourth-order valence-corrected chi connectivity index (χ4v) is 2.70. The minimum absolute atomic E-state index is 0. The second kappa shape index (κ2) is 12.8. The summed E-state index contributed by atoms with van der Waals surface area (Å²) in [5.74, 6) is 0.942. The first-order chi connectivity index (χ1) is 12.7. The number of hydrogen-bond acceptors (Lipinski definition) is 4. The zero-order chi connectivity index (χ0) is 18.8. The number of para-hydroxylation sites is 1. The molecule has 27 heavy (non-hydrogen) atoms.